The van der Waals surface area contributed by atoms with E-state index in [0.29, 0.717) is 19.0 Å². The Hall–Kier alpha value is -2.65. The van der Waals surface area contributed by atoms with Crippen molar-refractivity contribution in [2.24, 2.45) is 0 Å². The Balaban J connectivity index is 2.70. The monoisotopic (exact) mass is 296 g/mol. The molecule has 2 aromatic heterocycles. The van der Waals surface area contributed by atoms with E-state index in [1.807, 2.05) is 18.7 Å². The predicted molar refractivity (Wildman–Crippen MR) is 73.9 cm³/mol. The van der Waals surface area contributed by atoms with E-state index in [9.17, 15) is 14.7 Å². The zero-order valence-corrected chi connectivity index (χ0v) is 12.0. The first-order valence-electron chi connectivity index (χ1n) is 6.55. The molecule has 0 radical (unpaired) electrons. The standard InChI is InChI=1S/C11H16N6O4/c1-4-15(5-2)7-12-8-14-10(18)21-17(8)9(13-7)16(6-3)11(19)20/h4-6H2,1-3H3,(H,19,20). The first-order chi connectivity index (χ1) is 10.0. The van der Waals surface area contributed by atoms with E-state index >= 15 is 0 Å². The van der Waals surface area contributed by atoms with Crippen LogP contribution in [0.5, 0.6) is 0 Å². The Morgan fingerprint density at radius 3 is 2.38 bits per heavy atom. The molecular formula is C11H16N6O4. The number of hydrogen-bond acceptors (Lipinski definition) is 7. The lowest BCUT2D eigenvalue weighted by molar-refractivity contribution is 0.200. The second kappa shape index (κ2) is 5.77. The molecule has 0 unspecified atom stereocenters. The first-order valence-corrected chi connectivity index (χ1v) is 6.55. The van der Waals surface area contributed by atoms with Gasteiger partial charge < -0.3 is 14.5 Å². The van der Waals surface area contributed by atoms with Gasteiger partial charge in [0.25, 0.3) is 11.7 Å². The first kappa shape index (κ1) is 14.8. The summed E-state index contributed by atoms with van der Waals surface area (Å²) in [5, 5.41) is 9.24. The van der Waals surface area contributed by atoms with Crippen molar-refractivity contribution in [3.8, 4) is 0 Å². The molecular weight excluding hydrogens is 280 g/mol. The maximum Gasteiger partial charge on any atom is 0.462 e. The average molecular weight is 296 g/mol. The van der Waals surface area contributed by atoms with Gasteiger partial charge in [0.05, 0.1) is 0 Å². The van der Waals surface area contributed by atoms with Crippen LogP contribution in [0.25, 0.3) is 5.78 Å². The molecule has 2 aromatic rings. The Bertz CT molecular complexity index is 704. The molecule has 114 valence electrons. The number of fused-ring (bicyclic) bond motifs is 1. The van der Waals surface area contributed by atoms with Crippen molar-refractivity contribution in [3.05, 3.63) is 10.6 Å². The van der Waals surface area contributed by atoms with E-state index in [1.54, 1.807) is 6.92 Å². The predicted octanol–water partition coefficient (Wildman–Crippen LogP) is 0.428. The summed E-state index contributed by atoms with van der Waals surface area (Å²) in [5.41, 5.74) is 0. The van der Waals surface area contributed by atoms with Crippen molar-refractivity contribution in [1.29, 1.82) is 0 Å². The molecule has 0 aliphatic rings. The van der Waals surface area contributed by atoms with Gasteiger partial charge in [-0.2, -0.15) is 9.97 Å². The van der Waals surface area contributed by atoms with Crippen LogP contribution in [-0.2, 0) is 0 Å². The minimum atomic E-state index is -1.21. The second-order valence-corrected chi connectivity index (χ2v) is 4.09. The Labute approximate surface area is 119 Å². The Kier molecular flexibility index (Phi) is 4.05. The van der Waals surface area contributed by atoms with Crippen LogP contribution in [0.15, 0.2) is 9.32 Å². The van der Waals surface area contributed by atoms with E-state index in [0.717, 1.165) is 9.47 Å². The summed E-state index contributed by atoms with van der Waals surface area (Å²) in [7, 11) is 0. The fourth-order valence-electron chi connectivity index (χ4n) is 1.90. The highest BCUT2D eigenvalue weighted by Crippen LogP contribution is 2.17. The van der Waals surface area contributed by atoms with E-state index in [2.05, 4.69) is 15.0 Å². The number of hydrogen-bond donors (Lipinski definition) is 1. The van der Waals surface area contributed by atoms with Crippen molar-refractivity contribution < 1.29 is 14.4 Å². The minimum Gasteiger partial charge on any atom is -0.465 e. The zero-order valence-electron chi connectivity index (χ0n) is 12.0. The number of anilines is 2. The fourth-order valence-corrected chi connectivity index (χ4v) is 1.90. The van der Waals surface area contributed by atoms with Gasteiger partial charge in [-0.05, 0) is 20.8 Å². The molecule has 0 aliphatic carbocycles. The number of nitrogens with zero attached hydrogens (tertiary/aromatic N) is 6. The lowest BCUT2D eigenvalue weighted by Gasteiger charge is -2.21. The molecule has 2 rings (SSSR count). The summed E-state index contributed by atoms with van der Waals surface area (Å²) in [6.45, 7) is 6.89. The summed E-state index contributed by atoms with van der Waals surface area (Å²) in [5.74, 6) is -0.634. The summed E-state index contributed by atoms with van der Waals surface area (Å²) < 4.78 is 5.76. The molecule has 2 heterocycles. The highest BCUT2D eigenvalue weighted by atomic mass is 16.5. The third-order valence-corrected chi connectivity index (χ3v) is 2.96. The van der Waals surface area contributed by atoms with Gasteiger partial charge in [0, 0.05) is 19.6 Å². The van der Waals surface area contributed by atoms with Crippen LogP contribution in [0.3, 0.4) is 0 Å². The molecule has 0 fully saturated rings. The molecule has 0 saturated carbocycles. The van der Waals surface area contributed by atoms with Crippen LogP contribution in [0.2, 0.25) is 0 Å². The second-order valence-electron chi connectivity index (χ2n) is 4.09. The molecule has 0 bridgehead atoms. The fraction of sp³-hybridized carbons (Fsp3) is 0.545. The highest BCUT2D eigenvalue weighted by molar-refractivity contribution is 5.83. The maximum atomic E-state index is 11.3. The summed E-state index contributed by atoms with van der Waals surface area (Å²) >= 11 is 0. The van der Waals surface area contributed by atoms with Crippen molar-refractivity contribution in [3.63, 3.8) is 0 Å². The maximum absolute atomic E-state index is 11.3. The molecule has 1 N–H and O–H groups in total. The molecule has 1 amide bonds. The highest BCUT2D eigenvalue weighted by Gasteiger charge is 2.23. The van der Waals surface area contributed by atoms with Gasteiger partial charge in [-0.15, -0.1) is 4.98 Å². The van der Waals surface area contributed by atoms with E-state index < -0.39 is 11.8 Å². The molecule has 0 spiro atoms. The van der Waals surface area contributed by atoms with Crippen molar-refractivity contribution in [1.82, 2.24) is 19.5 Å². The Morgan fingerprint density at radius 2 is 1.86 bits per heavy atom. The van der Waals surface area contributed by atoms with Crippen molar-refractivity contribution in [2.45, 2.75) is 20.8 Å². The third-order valence-electron chi connectivity index (χ3n) is 2.96. The largest absolute Gasteiger partial charge is 0.465 e. The third kappa shape index (κ3) is 2.64. The van der Waals surface area contributed by atoms with E-state index in [-0.39, 0.29) is 18.3 Å². The van der Waals surface area contributed by atoms with Gasteiger partial charge in [-0.1, -0.05) is 4.57 Å². The number of rotatable bonds is 5. The lowest BCUT2D eigenvalue weighted by Crippen LogP contribution is -2.33. The van der Waals surface area contributed by atoms with Gasteiger partial charge in [0.1, 0.15) is 0 Å². The molecule has 0 aliphatic heterocycles. The average Bonchev–Trinajstić information content (AvgIpc) is 2.81. The molecule has 10 heteroatoms. The summed E-state index contributed by atoms with van der Waals surface area (Å²) in [6.07, 6.45) is -1.21. The zero-order chi connectivity index (χ0) is 15.6. The van der Waals surface area contributed by atoms with Crippen molar-refractivity contribution in [2.75, 3.05) is 29.4 Å². The molecule has 0 atom stereocenters. The van der Waals surface area contributed by atoms with Gasteiger partial charge in [-0.3, -0.25) is 0 Å². The van der Waals surface area contributed by atoms with Crippen LogP contribution in [0.4, 0.5) is 16.7 Å². The SMILES string of the molecule is CCN(CC)c1nc(N(CC)C(=O)O)n2oc(=O)nc2n1. The van der Waals surface area contributed by atoms with E-state index in [4.69, 9.17) is 4.52 Å². The van der Waals surface area contributed by atoms with Crippen LogP contribution in [-0.4, -0.2) is 50.4 Å². The number of carboxylic acid groups (broad SMARTS) is 1. The van der Waals surface area contributed by atoms with Crippen LogP contribution in [0.1, 0.15) is 20.8 Å². The van der Waals surface area contributed by atoms with Gasteiger partial charge in [-0.25, -0.2) is 14.5 Å². The van der Waals surface area contributed by atoms with Gasteiger partial charge in [0.2, 0.25) is 5.95 Å². The quantitative estimate of drug-likeness (QED) is 0.844. The number of carbonyl (C=O) groups is 1. The molecule has 21 heavy (non-hydrogen) atoms. The minimum absolute atomic E-state index is 0.0217. The van der Waals surface area contributed by atoms with Crippen LogP contribution in [0, 0.1) is 0 Å². The topological polar surface area (TPSA) is 117 Å². The normalized spacial score (nSPS) is 10.8. The number of aromatic nitrogens is 4. The van der Waals surface area contributed by atoms with Crippen LogP contribution < -0.4 is 15.6 Å². The molecule has 10 nitrogen and oxygen atoms in total. The summed E-state index contributed by atoms with van der Waals surface area (Å²) in [6, 6.07) is 0. The smallest absolute Gasteiger partial charge is 0.462 e. The van der Waals surface area contributed by atoms with Crippen molar-refractivity contribution >= 4 is 23.8 Å². The van der Waals surface area contributed by atoms with Crippen LogP contribution >= 0.6 is 0 Å². The summed E-state index contributed by atoms with van der Waals surface area (Å²) in [4.78, 5) is 37.3. The molecule has 0 aromatic carbocycles. The lowest BCUT2D eigenvalue weighted by atomic mass is 10.5. The Morgan fingerprint density at radius 1 is 1.19 bits per heavy atom. The molecule has 0 saturated heterocycles. The van der Waals surface area contributed by atoms with Gasteiger partial charge in [0.15, 0.2) is 0 Å². The van der Waals surface area contributed by atoms with Gasteiger partial charge >= 0.3 is 11.8 Å². The number of amides is 1. The van der Waals surface area contributed by atoms with E-state index in [1.165, 1.54) is 0 Å².